The number of benzene rings is 11. The summed E-state index contributed by atoms with van der Waals surface area (Å²) in [5, 5.41) is 15.6. The maximum Gasteiger partial charge on any atom is 0.0159 e. The molecule has 57 heavy (non-hydrogen) atoms. The van der Waals surface area contributed by atoms with Crippen molar-refractivity contribution in [3.63, 3.8) is 0 Å². The van der Waals surface area contributed by atoms with Crippen LogP contribution in [0.3, 0.4) is 0 Å². The largest absolute Gasteiger partial charge is 0.0616 e. The molecule has 0 nitrogen and oxygen atoms in total. The van der Waals surface area contributed by atoms with Crippen molar-refractivity contribution in [3.05, 3.63) is 205 Å². The molecule has 0 atom stereocenters. The van der Waals surface area contributed by atoms with E-state index in [1.165, 1.54) is 120 Å². The van der Waals surface area contributed by atoms with Crippen LogP contribution in [0.25, 0.3) is 109 Å². The van der Waals surface area contributed by atoms with E-state index >= 15 is 0 Å². The molecule has 0 unspecified atom stereocenters. The Balaban J connectivity index is 0.930. The van der Waals surface area contributed by atoms with Crippen LogP contribution >= 0.6 is 0 Å². The van der Waals surface area contributed by atoms with Crippen molar-refractivity contribution in [1.29, 1.82) is 0 Å². The van der Waals surface area contributed by atoms with Crippen molar-refractivity contribution in [1.82, 2.24) is 0 Å². The molecule has 0 aliphatic heterocycles. The topological polar surface area (TPSA) is 0 Å². The average molecular weight is 723 g/mol. The molecule has 12 rings (SSSR count). The van der Waals surface area contributed by atoms with Gasteiger partial charge in [0, 0.05) is 5.41 Å². The predicted octanol–water partition coefficient (Wildman–Crippen LogP) is 15.9. The summed E-state index contributed by atoms with van der Waals surface area (Å²) in [6.07, 6.45) is 0. The van der Waals surface area contributed by atoms with Gasteiger partial charge in [0.15, 0.2) is 0 Å². The maximum atomic E-state index is 2.46. The molecule has 0 heteroatoms. The molecule has 0 saturated heterocycles. The standard InChI is InChI=1S/C57H38/c1-57(2)53-33-39(27-29-48(53)49-30-28-41(34-54(49)57)52-31-40-12-4-5-13-43(40)45-15-7-8-16-46(45)52)35-19-21-37(22-20-35)51-32-42-26-25-38-24-23-36-11-3-6-14-44(36)55(38)56(42)50-18-10-9-17-47(50)51/h3-34H,1-2H3. The molecule has 0 N–H and O–H groups in total. The molecule has 0 fully saturated rings. The molecule has 0 aromatic heterocycles. The number of hydrogen-bond donors (Lipinski definition) is 0. The minimum Gasteiger partial charge on any atom is -0.0616 e. The molecule has 11 aromatic carbocycles. The molecule has 0 radical (unpaired) electrons. The Bertz CT molecular complexity index is 3470. The van der Waals surface area contributed by atoms with Crippen LogP contribution in [0.1, 0.15) is 25.0 Å². The van der Waals surface area contributed by atoms with Gasteiger partial charge >= 0.3 is 0 Å². The lowest BCUT2D eigenvalue weighted by atomic mass is 9.80. The third-order valence-electron chi connectivity index (χ3n) is 13.0. The molecule has 11 aromatic rings. The highest BCUT2D eigenvalue weighted by Crippen LogP contribution is 2.51. The number of hydrogen-bond acceptors (Lipinski definition) is 0. The fraction of sp³-hybridized carbons (Fsp3) is 0.0526. The Labute approximate surface area is 332 Å². The van der Waals surface area contributed by atoms with E-state index < -0.39 is 0 Å². The fourth-order valence-electron chi connectivity index (χ4n) is 10.2. The van der Waals surface area contributed by atoms with E-state index in [0.717, 1.165) is 0 Å². The van der Waals surface area contributed by atoms with Crippen LogP contribution < -0.4 is 0 Å². The van der Waals surface area contributed by atoms with Crippen LogP contribution in [-0.4, -0.2) is 0 Å². The molecule has 1 aliphatic rings. The summed E-state index contributed by atoms with van der Waals surface area (Å²) in [7, 11) is 0. The smallest absolute Gasteiger partial charge is 0.0159 e. The summed E-state index contributed by atoms with van der Waals surface area (Å²) >= 11 is 0. The second-order valence-electron chi connectivity index (χ2n) is 16.4. The minimum atomic E-state index is -0.136. The highest BCUT2D eigenvalue weighted by atomic mass is 14.4. The van der Waals surface area contributed by atoms with E-state index in [-0.39, 0.29) is 5.41 Å². The first-order valence-electron chi connectivity index (χ1n) is 20.1. The molecular formula is C57H38. The molecular weight excluding hydrogens is 685 g/mol. The first kappa shape index (κ1) is 32.2. The van der Waals surface area contributed by atoms with Crippen molar-refractivity contribution >= 4 is 64.6 Å². The lowest BCUT2D eigenvalue weighted by Gasteiger charge is -2.23. The molecule has 0 spiro atoms. The summed E-state index contributed by atoms with van der Waals surface area (Å²) in [5.74, 6) is 0. The SMILES string of the molecule is CC1(C)c2cc(-c3ccc(-c4cc5ccc6ccc7ccccc7c6c5c5ccccc45)cc3)ccc2-c2ccc(-c3cc4ccccc4c4ccccc34)cc21. The summed E-state index contributed by atoms with van der Waals surface area (Å²) in [4.78, 5) is 0. The van der Waals surface area contributed by atoms with Gasteiger partial charge in [0.2, 0.25) is 0 Å². The van der Waals surface area contributed by atoms with Gasteiger partial charge in [-0.3, -0.25) is 0 Å². The monoisotopic (exact) mass is 722 g/mol. The highest BCUT2D eigenvalue weighted by molar-refractivity contribution is 6.29. The Hall–Kier alpha value is -7.02. The number of fused-ring (bicyclic) bond motifs is 13. The molecule has 0 heterocycles. The summed E-state index contributed by atoms with van der Waals surface area (Å²) in [6.45, 7) is 4.79. The zero-order valence-electron chi connectivity index (χ0n) is 32.0. The Morgan fingerprint density at radius 3 is 1.46 bits per heavy atom. The molecule has 0 bridgehead atoms. The summed E-state index contributed by atoms with van der Waals surface area (Å²) in [5.41, 5.74) is 12.9. The fourth-order valence-corrected chi connectivity index (χ4v) is 10.2. The molecule has 0 saturated carbocycles. The van der Waals surface area contributed by atoms with Crippen LogP contribution in [0.15, 0.2) is 194 Å². The van der Waals surface area contributed by atoms with Crippen LogP contribution in [0.5, 0.6) is 0 Å². The predicted molar refractivity (Wildman–Crippen MR) is 245 cm³/mol. The number of rotatable bonds is 3. The van der Waals surface area contributed by atoms with E-state index in [1.54, 1.807) is 0 Å². The van der Waals surface area contributed by atoms with Gasteiger partial charge < -0.3 is 0 Å². The van der Waals surface area contributed by atoms with Crippen molar-refractivity contribution in [2.24, 2.45) is 0 Å². The molecule has 266 valence electrons. The summed E-state index contributed by atoms with van der Waals surface area (Å²) in [6, 6.07) is 72.7. The van der Waals surface area contributed by atoms with E-state index in [4.69, 9.17) is 0 Å². The lowest BCUT2D eigenvalue weighted by Crippen LogP contribution is -2.15. The molecule has 1 aliphatic carbocycles. The molecule has 0 amide bonds. The van der Waals surface area contributed by atoms with Crippen LogP contribution in [0.4, 0.5) is 0 Å². The van der Waals surface area contributed by atoms with E-state index in [1.807, 2.05) is 0 Å². The second kappa shape index (κ2) is 12.0. The van der Waals surface area contributed by atoms with Crippen molar-refractivity contribution in [2.75, 3.05) is 0 Å². The van der Waals surface area contributed by atoms with Gasteiger partial charge in [0.1, 0.15) is 0 Å². The van der Waals surface area contributed by atoms with Gasteiger partial charge in [-0.15, -0.1) is 0 Å². The Morgan fingerprint density at radius 2 is 0.719 bits per heavy atom. The second-order valence-corrected chi connectivity index (χ2v) is 16.4. The van der Waals surface area contributed by atoms with Gasteiger partial charge in [0.05, 0.1) is 0 Å². The van der Waals surface area contributed by atoms with Crippen molar-refractivity contribution < 1.29 is 0 Å². The lowest BCUT2D eigenvalue weighted by molar-refractivity contribution is 0.661. The Morgan fingerprint density at radius 1 is 0.263 bits per heavy atom. The average Bonchev–Trinajstić information content (AvgIpc) is 3.50. The minimum absolute atomic E-state index is 0.136. The normalized spacial score (nSPS) is 13.2. The zero-order chi connectivity index (χ0) is 37.8. The van der Waals surface area contributed by atoms with Gasteiger partial charge in [-0.25, -0.2) is 0 Å². The van der Waals surface area contributed by atoms with Gasteiger partial charge in [-0.05, 0) is 145 Å². The third-order valence-corrected chi connectivity index (χ3v) is 13.0. The summed E-state index contributed by atoms with van der Waals surface area (Å²) < 4.78 is 0. The van der Waals surface area contributed by atoms with Gasteiger partial charge in [-0.1, -0.05) is 184 Å². The quantitative estimate of drug-likeness (QED) is 0.159. The first-order chi connectivity index (χ1) is 28.0. The van der Waals surface area contributed by atoms with Crippen molar-refractivity contribution in [3.8, 4) is 44.5 Å². The third kappa shape index (κ3) is 4.74. The van der Waals surface area contributed by atoms with Crippen LogP contribution in [0, 0.1) is 0 Å². The van der Waals surface area contributed by atoms with Gasteiger partial charge in [0.25, 0.3) is 0 Å². The van der Waals surface area contributed by atoms with E-state index in [0.29, 0.717) is 0 Å². The zero-order valence-corrected chi connectivity index (χ0v) is 32.0. The van der Waals surface area contributed by atoms with Crippen LogP contribution in [-0.2, 0) is 5.41 Å². The van der Waals surface area contributed by atoms with Crippen molar-refractivity contribution in [2.45, 2.75) is 19.3 Å². The van der Waals surface area contributed by atoms with Crippen LogP contribution in [0.2, 0.25) is 0 Å². The van der Waals surface area contributed by atoms with E-state index in [9.17, 15) is 0 Å². The Kier molecular flexibility index (Phi) is 6.78. The highest BCUT2D eigenvalue weighted by Gasteiger charge is 2.36. The first-order valence-corrected chi connectivity index (χ1v) is 20.1. The van der Waals surface area contributed by atoms with E-state index in [2.05, 4.69) is 208 Å². The maximum absolute atomic E-state index is 2.46. The van der Waals surface area contributed by atoms with Gasteiger partial charge in [-0.2, -0.15) is 0 Å².